The van der Waals surface area contributed by atoms with Gasteiger partial charge in [0.05, 0.1) is 19.8 Å². The van der Waals surface area contributed by atoms with Gasteiger partial charge in [-0.15, -0.1) is 0 Å². The molecule has 2 aliphatic rings. The highest BCUT2D eigenvalue weighted by Crippen LogP contribution is 2.39. The van der Waals surface area contributed by atoms with Crippen LogP contribution in [0, 0.1) is 18.6 Å². The molecule has 2 aromatic carbocycles. The van der Waals surface area contributed by atoms with Crippen molar-refractivity contribution in [2.45, 2.75) is 32.2 Å². The molecular weight excluding hydrogens is 374 g/mol. The first-order valence-corrected chi connectivity index (χ1v) is 9.99. The van der Waals surface area contributed by atoms with Crippen LogP contribution in [0.5, 0.6) is 0 Å². The highest BCUT2D eigenvalue weighted by atomic mass is 19.1. The Morgan fingerprint density at radius 3 is 2.62 bits per heavy atom. The van der Waals surface area contributed by atoms with Crippen molar-refractivity contribution in [3.05, 3.63) is 70.4 Å². The second kappa shape index (κ2) is 6.90. The Morgan fingerprint density at radius 2 is 1.86 bits per heavy atom. The predicted octanol–water partition coefficient (Wildman–Crippen LogP) is 4.12. The van der Waals surface area contributed by atoms with Crippen LogP contribution >= 0.6 is 0 Å². The van der Waals surface area contributed by atoms with Gasteiger partial charge < -0.3 is 18.9 Å². The molecule has 5 rings (SSSR count). The maximum absolute atomic E-state index is 14.7. The molecule has 0 aliphatic carbocycles. The Balaban J connectivity index is 1.67. The SMILES string of the molecule is Cc1ccc2c(c1)c1c(n2CC2(c3ccc(F)cc3F)OCCO2)CCN(C)C1. The monoisotopic (exact) mass is 398 g/mol. The molecule has 2 aliphatic heterocycles. The van der Waals surface area contributed by atoms with Crippen molar-refractivity contribution in [3.8, 4) is 0 Å². The second-order valence-electron chi connectivity index (χ2n) is 8.09. The van der Waals surface area contributed by atoms with Crippen molar-refractivity contribution >= 4 is 10.9 Å². The van der Waals surface area contributed by atoms with Crippen LogP contribution in [0.25, 0.3) is 10.9 Å². The third-order valence-electron chi connectivity index (χ3n) is 6.06. The molecule has 3 heterocycles. The number of aromatic nitrogens is 1. The Bertz CT molecular complexity index is 1090. The molecule has 1 aromatic heterocycles. The lowest BCUT2D eigenvalue weighted by Crippen LogP contribution is -2.35. The Labute approximate surface area is 168 Å². The van der Waals surface area contributed by atoms with Gasteiger partial charge in [-0.2, -0.15) is 0 Å². The van der Waals surface area contributed by atoms with Gasteiger partial charge in [0.1, 0.15) is 11.6 Å². The van der Waals surface area contributed by atoms with Crippen molar-refractivity contribution in [2.75, 3.05) is 26.8 Å². The van der Waals surface area contributed by atoms with Crippen LogP contribution in [0.2, 0.25) is 0 Å². The predicted molar refractivity (Wildman–Crippen MR) is 107 cm³/mol. The van der Waals surface area contributed by atoms with Crippen molar-refractivity contribution in [1.29, 1.82) is 0 Å². The standard InChI is InChI=1S/C23H24F2N2O2/c1-15-3-6-21-17(11-15)18-13-26(2)8-7-22(18)27(21)14-23(28-9-10-29-23)19-5-4-16(24)12-20(19)25/h3-6,11-12H,7-10,13-14H2,1-2H3. The lowest BCUT2D eigenvalue weighted by atomic mass is 10.0. The summed E-state index contributed by atoms with van der Waals surface area (Å²) in [6, 6.07) is 10.0. The summed E-state index contributed by atoms with van der Waals surface area (Å²) in [7, 11) is 2.13. The van der Waals surface area contributed by atoms with Gasteiger partial charge in [0.15, 0.2) is 0 Å². The summed E-state index contributed by atoms with van der Waals surface area (Å²) in [5.74, 6) is -2.51. The van der Waals surface area contributed by atoms with E-state index in [1.54, 1.807) is 0 Å². The molecule has 4 nitrogen and oxygen atoms in total. The quantitative estimate of drug-likeness (QED) is 0.664. The Hall–Kier alpha value is -2.28. The van der Waals surface area contributed by atoms with Crippen LogP contribution in [0.4, 0.5) is 8.78 Å². The smallest absolute Gasteiger partial charge is 0.216 e. The summed E-state index contributed by atoms with van der Waals surface area (Å²) < 4.78 is 42.4. The van der Waals surface area contributed by atoms with Crippen molar-refractivity contribution < 1.29 is 18.3 Å². The minimum Gasteiger partial charge on any atom is -0.342 e. The highest BCUT2D eigenvalue weighted by molar-refractivity contribution is 5.86. The van der Waals surface area contributed by atoms with Gasteiger partial charge in [-0.05, 0) is 43.8 Å². The molecule has 0 bridgehead atoms. The Morgan fingerprint density at radius 1 is 1.07 bits per heavy atom. The molecule has 0 amide bonds. The summed E-state index contributed by atoms with van der Waals surface area (Å²) in [6.07, 6.45) is 0.904. The van der Waals surface area contributed by atoms with E-state index in [4.69, 9.17) is 9.47 Å². The average molecular weight is 398 g/mol. The molecule has 6 heteroatoms. The molecule has 0 N–H and O–H groups in total. The van der Waals surface area contributed by atoms with Gasteiger partial charge in [0.25, 0.3) is 0 Å². The zero-order valence-electron chi connectivity index (χ0n) is 16.7. The number of hydrogen-bond acceptors (Lipinski definition) is 3. The zero-order chi connectivity index (χ0) is 20.2. The molecule has 1 saturated heterocycles. The number of rotatable bonds is 3. The average Bonchev–Trinajstić information content (AvgIpc) is 3.26. The van der Waals surface area contributed by atoms with Gasteiger partial charge >= 0.3 is 0 Å². The van der Waals surface area contributed by atoms with Gasteiger partial charge in [0.2, 0.25) is 5.79 Å². The van der Waals surface area contributed by atoms with Gasteiger partial charge in [-0.3, -0.25) is 0 Å². The van der Waals surface area contributed by atoms with E-state index in [0.29, 0.717) is 19.8 Å². The fourth-order valence-electron chi connectivity index (χ4n) is 4.67. The number of halogens is 2. The Kier molecular flexibility index (Phi) is 4.46. The number of benzene rings is 2. The van der Waals surface area contributed by atoms with E-state index in [-0.39, 0.29) is 5.56 Å². The van der Waals surface area contributed by atoms with E-state index in [2.05, 4.69) is 41.6 Å². The molecule has 0 atom stereocenters. The fourth-order valence-corrected chi connectivity index (χ4v) is 4.67. The third-order valence-corrected chi connectivity index (χ3v) is 6.06. The summed E-state index contributed by atoms with van der Waals surface area (Å²) in [5, 5.41) is 1.22. The van der Waals surface area contributed by atoms with Gasteiger partial charge in [0, 0.05) is 47.7 Å². The molecule has 0 radical (unpaired) electrons. The van der Waals surface area contributed by atoms with E-state index in [9.17, 15) is 8.78 Å². The molecule has 29 heavy (non-hydrogen) atoms. The maximum atomic E-state index is 14.7. The lowest BCUT2D eigenvalue weighted by Gasteiger charge is -2.31. The molecule has 0 saturated carbocycles. The minimum atomic E-state index is -1.26. The number of likely N-dealkylation sites (N-methyl/N-ethyl adjacent to an activating group) is 1. The first-order chi connectivity index (χ1) is 14.0. The van der Waals surface area contributed by atoms with E-state index >= 15 is 0 Å². The van der Waals surface area contributed by atoms with Crippen molar-refractivity contribution in [2.24, 2.45) is 0 Å². The first kappa shape index (κ1) is 18.7. The number of fused-ring (bicyclic) bond motifs is 3. The van der Waals surface area contributed by atoms with Crippen LogP contribution in [0.1, 0.15) is 22.4 Å². The topological polar surface area (TPSA) is 26.6 Å². The zero-order valence-corrected chi connectivity index (χ0v) is 16.7. The van der Waals surface area contributed by atoms with E-state index < -0.39 is 17.4 Å². The van der Waals surface area contributed by atoms with Crippen LogP contribution in [0.15, 0.2) is 36.4 Å². The number of nitrogens with zero attached hydrogens (tertiary/aromatic N) is 2. The van der Waals surface area contributed by atoms with Gasteiger partial charge in [-0.25, -0.2) is 8.78 Å². The van der Waals surface area contributed by atoms with Gasteiger partial charge in [-0.1, -0.05) is 11.6 Å². The normalized spacial score (nSPS) is 19.0. The fraction of sp³-hybridized carbons (Fsp3) is 0.391. The number of ether oxygens (including phenoxy) is 2. The molecule has 152 valence electrons. The minimum absolute atomic E-state index is 0.243. The van der Waals surface area contributed by atoms with Crippen LogP contribution in [-0.2, 0) is 34.8 Å². The third kappa shape index (κ3) is 3.06. The highest BCUT2D eigenvalue weighted by Gasteiger charge is 2.42. The summed E-state index contributed by atoms with van der Waals surface area (Å²) in [5.41, 5.74) is 5.09. The van der Waals surface area contributed by atoms with E-state index in [1.165, 1.54) is 34.3 Å². The molecular formula is C23H24F2N2O2. The van der Waals surface area contributed by atoms with E-state index in [1.807, 2.05) is 0 Å². The van der Waals surface area contributed by atoms with Crippen LogP contribution in [-0.4, -0.2) is 36.3 Å². The van der Waals surface area contributed by atoms with Crippen molar-refractivity contribution in [1.82, 2.24) is 9.47 Å². The number of aryl methyl sites for hydroxylation is 1. The largest absolute Gasteiger partial charge is 0.342 e. The second-order valence-corrected chi connectivity index (χ2v) is 8.09. The van der Waals surface area contributed by atoms with Crippen LogP contribution < -0.4 is 0 Å². The molecule has 0 unspecified atom stereocenters. The first-order valence-electron chi connectivity index (χ1n) is 9.99. The summed E-state index contributed by atoms with van der Waals surface area (Å²) >= 11 is 0. The summed E-state index contributed by atoms with van der Waals surface area (Å²) in [4.78, 5) is 2.31. The maximum Gasteiger partial charge on any atom is 0.216 e. The molecule has 3 aromatic rings. The summed E-state index contributed by atoms with van der Waals surface area (Å²) in [6.45, 7) is 5.01. The number of hydrogen-bond donors (Lipinski definition) is 0. The van der Waals surface area contributed by atoms with E-state index in [0.717, 1.165) is 31.1 Å². The molecule has 0 spiro atoms. The van der Waals surface area contributed by atoms with Crippen molar-refractivity contribution in [3.63, 3.8) is 0 Å². The molecule has 1 fully saturated rings. The lowest BCUT2D eigenvalue weighted by molar-refractivity contribution is -0.177. The van der Waals surface area contributed by atoms with Crippen LogP contribution in [0.3, 0.4) is 0 Å².